The van der Waals surface area contributed by atoms with Crippen molar-refractivity contribution in [2.24, 2.45) is 0 Å². The van der Waals surface area contributed by atoms with Crippen LogP contribution in [0.25, 0.3) is 27.9 Å². The first-order chi connectivity index (χ1) is 18.4. The highest BCUT2D eigenvalue weighted by Crippen LogP contribution is 2.32. The van der Waals surface area contributed by atoms with Crippen LogP contribution < -0.4 is 9.83 Å². The van der Waals surface area contributed by atoms with Crippen molar-refractivity contribution >= 4 is 17.4 Å². The van der Waals surface area contributed by atoms with E-state index in [1.54, 1.807) is 30.1 Å². The Hall–Kier alpha value is -2.81. The molecule has 3 N–H and O–H groups in total. The van der Waals surface area contributed by atoms with Crippen molar-refractivity contribution in [2.75, 3.05) is 26.5 Å². The zero-order valence-corrected chi connectivity index (χ0v) is 23.9. The van der Waals surface area contributed by atoms with Crippen LogP contribution in [0, 0.1) is 0 Å². The van der Waals surface area contributed by atoms with Gasteiger partial charge >= 0.3 is 5.65 Å². The third-order valence-corrected chi connectivity index (χ3v) is 6.74. The Morgan fingerprint density at radius 2 is 1.71 bits per heavy atom. The lowest BCUT2D eigenvalue weighted by Gasteiger charge is -2.14. The van der Waals surface area contributed by atoms with Gasteiger partial charge < -0.3 is 10.4 Å². The summed E-state index contributed by atoms with van der Waals surface area (Å²) >= 11 is 1.70. The number of nitrogens with zero attached hydrogens (tertiary/aromatic N) is 2. The van der Waals surface area contributed by atoms with Gasteiger partial charge in [0.1, 0.15) is 6.20 Å². The van der Waals surface area contributed by atoms with Crippen LogP contribution in [-0.4, -0.2) is 41.6 Å². The Morgan fingerprint density at radius 1 is 0.974 bits per heavy atom. The molecule has 5 nitrogen and oxygen atoms in total. The molecule has 38 heavy (non-hydrogen) atoms. The number of unbranched alkanes of at least 4 members (excludes halogenated alkanes) is 1. The molecule has 0 atom stereocenters. The molecule has 4 rings (SSSR count). The molecule has 0 amide bonds. The highest BCUT2D eigenvalue weighted by atomic mass is 32.2. The number of aliphatic hydroxyl groups excluding tert-OH is 1. The van der Waals surface area contributed by atoms with Crippen molar-refractivity contribution in [3.05, 3.63) is 72.7 Å². The van der Waals surface area contributed by atoms with E-state index >= 15 is 0 Å². The van der Waals surface area contributed by atoms with Crippen molar-refractivity contribution in [2.45, 2.75) is 57.3 Å². The maximum Gasteiger partial charge on any atom is 0.355 e. The first kappa shape index (κ1) is 31.4. The molecule has 0 saturated carbocycles. The van der Waals surface area contributed by atoms with Crippen LogP contribution >= 0.6 is 11.8 Å². The molecular formula is C30H41F2N4OS+. The van der Waals surface area contributed by atoms with Crippen LogP contribution in [0.5, 0.6) is 0 Å². The molecule has 4 aromatic rings. The van der Waals surface area contributed by atoms with Gasteiger partial charge in [-0.1, -0.05) is 63.6 Å². The number of H-pyrrole nitrogens is 1. The minimum atomic E-state index is -2.80. The first-order valence-electron chi connectivity index (χ1n) is 13.1. The molecule has 0 aliphatic rings. The minimum Gasteiger partial charge on any atom is -0.400 e. The van der Waals surface area contributed by atoms with Crippen molar-refractivity contribution in [1.82, 2.24) is 15.4 Å². The number of thioether (sulfide) groups is 1. The summed E-state index contributed by atoms with van der Waals surface area (Å²) in [4.78, 5) is 5.81. The fraction of sp³-hybridized carbons (Fsp3) is 0.400. The molecule has 2 heterocycles. The zero-order valence-electron chi connectivity index (χ0n) is 23.1. The smallest absolute Gasteiger partial charge is 0.355 e. The fourth-order valence-electron chi connectivity index (χ4n) is 3.79. The highest BCUT2D eigenvalue weighted by Gasteiger charge is 2.28. The SMILES string of the molecule is CCC(F)(F)c1ccc(-c2cnc3c(-c4cccc(SC)c4)c[nH][n+]3c2)cc1.CCCCNCCC.CO. The van der Waals surface area contributed by atoms with Crippen molar-refractivity contribution < 1.29 is 18.4 Å². The fourth-order valence-corrected chi connectivity index (χ4v) is 4.25. The molecule has 206 valence electrons. The lowest BCUT2D eigenvalue weighted by molar-refractivity contribution is -0.578. The lowest BCUT2D eigenvalue weighted by Crippen LogP contribution is -2.23. The van der Waals surface area contributed by atoms with Gasteiger partial charge in [-0.15, -0.1) is 16.3 Å². The quantitative estimate of drug-likeness (QED) is 0.113. The molecule has 0 radical (unpaired) electrons. The number of fused-ring (bicyclic) bond motifs is 1. The molecular weight excluding hydrogens is 502 g/mol. The molecule has 8 heteroatoms. The number of nitrogens with one attached hydrogen (secondary N) is 2. The van der Waals surface area contributed by atoms with Gasteiger partial charge in [0.2, 0.25) is 0 Å². The highest BCUT2D eigenvalue weighted by molar-refractivity contribution is 7.98. The number of halogens is 2. The molecule has 0 aliphatic heterocycles. The van der Waals surface area contributed by atoms with Gasteiger partial charge in [0, 0.05) is 24.0 Å². The predicted molar refractivity (Wildman–Crippen MR) is 155 cm³/mol. The van der Waals surface area contributed by atoms with E-state index in [0.29, 0.717) is 0 Å². The third kappa shape index (κ3) is 8.61. The summed E-state index contributed by atoms with van der Waals surface area (Å²) in [6.07, 6.45) is 11.3. The molecule has 0 saturated heterocycles. The number of aromatic amines is 1. The summed E-state index contributed by atoms with van der Waals surface area (Å²) in [7, 11) is 1.00. The van der Waals surface area contributed by atoms with Crippen molar-refractivity contribution in [3.63, 3.8) is 0 Å². The van der Waals surface area contributed by atoms with Crippen LogP contribution in [0.2, 0.25) is 0 Å². The number of hydrogen-bond acceptors (Lipinski definition) is 4. The van der Waals surface area contributed by atoms with Crippen LogP contribution in [0.1, 0.15) is 52.0 Å². The Kier molecular flexibility index (Phi) is 13.4. The van der Waals surface area contributed by atoms with E-state index in [9.17, 15) is 8.78 Å². The monoisotopic (exact) mass is 543 g/mol. The molecule has 0 fully saturated rings. The number of rotatable bonds is 10. The van der Waals surface area contributed by atoms with E-state index < -0.39 is 5.92 Å². The van der Waals surface area contributed by atoms with Crippen LogP contribution in [0.3, 0.4) is 0 Å². The van der Waals surface area contributed by atoms with Crippen LogP contribution in [-0.2, 0) is 5.92 Å². The second-order valence-electron chi connectivity index (χ2n) is 8.69. The molecule has 0 unspecified atom stereocenters. The van der Waals surface area contributed by atoms with E-state index in [1.165, 1.54) is 56.3 Å². The molecule has 0 aliphatic carbocycles. The number of aromatic nitrogens is 3. The molecule has 2 aromatic heterocycles. The summed E-state index contributed by atoms with van der Waals surface area (Å²) in [6.45, 7) is 8.27. The summed E-state index contributed by atoms with van der Waals surface area (Å²) in [6, 6.07) is 14.7. The van der Waals surface area contributed by atoms with E-state index in [-0.39, 0.29) is 12.0 Å². The number of aliphatic hydroxyl groups is 1. The van der Waals surface area contributed by atoms with Gasteiger partial charge in [-0.25, -0.2) is 13.9 Å². The average Bonchev–Trinajstić information content (AvgIpc) is 3.40. The van der Waals surface area contributed by atoms with E-state index in [4.69, 9.17) is 5.11 Å². The molecule has 0 bridgehead atoms. The Bertz CT molecular complexity index is 1220. The first-order valence-corrected chi connectivity index (χ1v) is 14.3. The minimum absolute atomic E-state index is 0.0382. The normalized spacial score (nSPS) is 10.9. The second kappa shape index (κ2) is 16.2. The summed E-state index contributed by atoms with van der Waals surface area (Å²) in [5.74, 6) is -2.80. The maximum absolute atomic E-state index is 13.8. The summed E-state index contributed by atoms with van der Waals surface area (Å²) in [5, 5.41) is 13.5. The average molecular weight is 544 g/mol. The molecule has 0 spiro atoms. The maximum atomic E-state index is 13.8. The van der Waals surface area contributed by atoms with Gasteiger partial charge in [-0.3, -0.25) is 0 Å². The predicted octanol–water partition coefficient (Wildman–Crippen LogP) is 7.10. The van der Waals surface area contributed by atoms with Crippen molar-refractivity contribution in [1.29, 1.82) is 0 Å². The Labute approximate surface area is 229 Å². The van der Waals surface area contributed by atoms with E-state index in [1.807, 2.05) is 23.0 Å². The van der Waals surface area contributed by atoms with Gasteiger partial charge in [-0.2, -0.15) is 0 Å². The largest absolute Gasteiger partial charge is 0.400 e. The summed E-state index contributed by atoms with van der Waals surface area (Å²) in [5.41, 5.74) is 4.66. The lowest BCUT2D eigenvalue weighted by atomic mass is 10.0. The van der Waals surface area contributed by atoms with Gasteiger partial charge in [0.15, 0.2) is 6.20 Å². The number of hydrogen-bond donors (Lipinski definition) is 3. The topological polar surface area (TPSA) is 65.0 Å². The standard InChI is InChI=1S/C22H19F2N3S.C7H17N.CH4O/c1-3-22(23,24)18-9-7-15(8-10-18)17-12-25-21-20(13-26-27(21)14-17)16-5-4-6-19(11-16)28-2;1-3-5-7-8-6-4-2;1-2/h4-14H,3H2,1-2H3;8H,3-7H2,1-2H3;2H,1H3/p+1. The van der Waals surface area contributed by atoms with E-state index in [2.05, 4.69) is 53.7 Å². The third-order valence-electron chi connectivity index (χ3n) is 6.01. The van der Waals surface area contributed by atoms with Gasteiger partial charge in [0.05, 0.1) is 17.3 Å². The number of alkyl halides is 2. The van der Waals surface area contributed by atoms with Crippen LogP contribution in [0.15, 0.2) is 72.0 Å². The van der Waals surface area contributed by atoms with Gasteiger partial charge in [-0.05, 0) is 60.4 Å². The van der Waals surface area contributed by atoms with Crippen LogP contribution in [0.4, 0.5) is 8.78 Å². The zero-order chi connectivity index (χ0) is 28.0. The Morgan fingerprint density at radius 3 is 2.34 bits per heavy atom. The summed E-state index contributed by atoms with van der Waals surface area (Å²) < 4.78 is 29.5. The number of benzene rings is 2. The van der Waals surface area contributed by atoms with Crippen molar-refractivity contribution in [3.8, 4) is 22.3 Å². The Balaban J connectivity index is 0.000000437. The van der Waals surface area contributed by atoms with E-state index in [0.717, 1.165) is 35.0 Å². The second-order valence-corrected chi connectivity index (χ2v) is 9.57. The van der Waals surface area contributed by atoms with Gasteiger partial charge in [0.25, 0.3) is 5.92 Å². The molecule has 2 aromatic carbocycles.